The Balaban J connectivity index is 2.29. The van der Waals surface area contributed by atoms with Crippen LogP contribution in [0.25, 0.3) is 0 Å². The maximum atomic E-state index is 11.3. The van der Waals surface area contributed by atoms with Gasteiger partial charge in [0.1, 0.15) is 0 Å². The average Bonchev–Trinajstić information content (AvgIpc) is 2.45. The molecule has 0 saturated heterocycles. The highest BCUT2D eigenvalue weighted by atomic mass is 16.6. The molecule has 0 spiro atoms. The molecule has 1 unspecified atom stereocenters. The van der Waals surface area contributed by atoms with Crippen molar-refractivity contribution in [1.29, 1.82) is 0 Å². The Bertz CT molecular complexity index is 403. The summed E-state index contributed by atoms with van der Waals surface area (Å²) in [5, 5.41) is 3.41. The molecule has 0 aliphatic rings. The number of carbonyl (C=O) groups excluding carboxylic acids is 1. The molecule has 0 aliphatic carbocycles. The molecule has 1 atom stereocenters. The Morgan fingerprint density at radius 2 is 1.95 bits per heavy atom. The van der Waals surface area contributed by atoms with Crippen molar-refractivity contribution in [3.8, 4) is 0 Å². The minimum Gasteiger partial charge on any atom is -0.467 e. The molecule has 0 aromatic heterocycles. The van der Waals surface area contributed by atoms with Crippen molar-refractivity contribution in [3.63, 3.8) is 0 Å². The van der Waals surface area contributed by atoms with Crippen molar-refractivity contribution in [1.82, 2.24) is 5.32 Å². The molecule has 112 valence electrons. The summed E-state index contributed by atoms with van der Waals surface area (Å²) in [4.78, 5) is 11.3. The Hall–Kier alpha value is -1.39. The normalized spacial score (nSPS) is 13.0. The van der Waals surface area contributed by atoms with Gasteiger partial charge in [0.05, 0.1) is 13.7 Å². The van der Waals surface area contributed by atoms with E-state index in [2.05, 4.69) is 36.0 Å². The molecular formula is C16H25NO3. The summed E-state index contributed by atoms with van der Waals surface area (Å²) in [7, 11) is 1.37. The zero-order chi connectivity index (χ0) is 15.0. The van der Waals surface area contributed by atoms with E-state index in [0.717, 1.165) is 13.1 Å². The number of esters is 1. The molecule has 20 heavy (non-hydrogen) atoms. The lowest BCUT2D eigenvalue weighted by Crippen LogP contribution is -2.35. The number of carbonyl (C=O) groups is 1. The molecule has 1 aromatic rings. The van der Waals surface area contributed by atoms with Crippen LogP contribution in [0.1, 0.15) is 26.3 Å². The fraction of sp³-hybridized carbons (Fsp3) is 0.562. The molecule has 4 heteroatoms. The molecule has 1 aromatic carbocycles. The Labute approximate surface area is 121 Å². The largest absolute Gasteiger partial charge is 0.467 e. The van der Waals surface area contributed by atoms with Gasteiger partial charge in [0, 0.05) is 18.5 Å². The molecular weight excluding hydrogens is 254 g/mol. The number of benzene rings is 1. The van der Waals surface area contributed by atoms with E-state index in [0.29, 0.717) is 6.61 Å². The monoisotopic (exact) mass is 279 g/mol. The van der Waals surface area contributed by atoms with E-state index in [-0.39, 0.29) is 11.4 Å². The van der Waals surface area contributed by atoms with Crippen LogP contribution < -0.4 is 5.32 Å². The van der Waals surface area contributed by atoms with Crippen LogP contribution in [0.5, 0.6) is 0 Å². The minimum absolute atomic E-state index is 0.0446. The number of methoxy groups -OCH3 is 1. The predicted octanol–water partition coefficient (Wildman–Crippen LogP) is 2.38. The average molecular weight is 279 g/mol. The van der Waals surface area contributed by atoms with Crippen molar-refractivity contribution in [2.45, 2.75) is 33.4 Å². The highest BCUT2D eigenvalue weighted by Gasteiger charge is 2.22. The number of hydrogen-bond donors (Lipinski definition) is 1. The second-order valence-corrected chi connectivity index (χ2v) is 5.73. The molecule has 1 rings (SSSR count). The minimum atomic E-state index is -0.520. The van der Waals surface area contributed by atoms with Crippen LogP contribution in [0.2, 0.25) is 0 Å². The van der Waals surface area contributed by atoms with E-state index in [1.807, 2.05) is 18.2 Å². The molecule has 0 amide bonds. The molecule has 0 bridgehead atoms. The second-order valence-electron chi connectivity index (χ2n) is 5.73. The number of ether oxygens (including phenoxy) is 2. The van der Waals surface area contributed by atoms with Crippen LogP contribution in [-0.4, -0.2) is 32.3 Å². The number of rotatable bonds is 8. The lowest BCUT2D eigenvalue weighted by atomic mass is 9.94. The van der Waals surface area contributed by atoms with Gasteiger partial charge in [0.2, 0.25) is 0 Å². The van der Waals surface area contributed by atoms with Crippen LogP contribution in [-0.2, 0) is 20.8 Å². The van der Waals surface area contributed by atoms with Gasteiger partial charge < -0.3 is 14.8 Å². The standard InChI is InChI=1S/C16H25NO3/c1-13(15(18)19-4)20-12-16(2,3)11-17-10-14-8-6-5-7-9-14/h5-9,13,17H,10-12H2,1-4H3. The zero-order valence-corrected chi connectivity index (χ0v) is 12.8. The van der Waals surface area contributed by atoms with E-state index in [1.165, 1.54) is 12.7 Å². The number of nitrogens with one attached hydrogen (secondary N) is 1. The van der Waals surface area contributed by atoms with Crippen LogP contribution in [0, 0.1) is 5.41 Å². The lowest BCUT2D eigenvalue weighted by Gasteiger charge is -2.26. The van der Waals surface area contributed by atoms with Crippen LogP contribution >= 0.6 is 0 Å². The summed E-state index contributed by atoms with van der Waals surface area (Å²) in [6.45, 7) is 8.07. The summed E-state index contributed by atoms with van der Waals surface area (Å²) in [5.41, 5.74) is 1.21. The summed E-state index contributed by atoms with van der Waals surface area (Å²) < 4.78 is 10.2. The highest BCUT2D eigenvalue weighted by molar-refractivity contribution is 5.73. The summed E-state index contributed by atoms with van der Waals surface area (Å²) >= 11 is 0. The Kier molecular flexibility index (Phi) is 6.68. The van der Waals surface area contributed by atoms with Gasteiger partial charge in [-0.1, -0.05) is 44.2 Å². The van der Waals surface area contributed by atoms with Crippen LogP contribution in [0.4, 0.5) is 0 Å². The first-order valence-corrected chi connectivity index (χ1v) is 6.89. The van der Waals surface area contributed by atoms with Gasteiger partial charge in [-0.25, -0.2) is 4.79 Å². The van der Waals surface area contributed by atoms with Crippen molar-refractivity contribution >= 4 is 5.97 Å². The SMILES string of the molecule is COC(=O)C(C)OCC(C)(C)CNCc1ccccc1. The van der Waals surface area contributed by atoms with Crippen molar-refractivity contribution in [3.05, 3.63) is 35.9 Å². The van der Waals surface area contributed by atoms with E-state index >= 15 is 0 Å². The highest BCUT2D eigenvalue weighted by Crippen LogP contribution is 2.15. The smallest absolute Gasteiger partial charge is 0.334 e. The van der Waals surface area contributed by atoms with Gasteiger partial charge in [-0.2, -0.15) is 0 Å². The topological polar surface area (TPSA) is 47.6 Å². The number of hydrogen-bond acceptors (Lipinski definition) is 4. The van der Waals surface area contributed by atoms with E-state index < -0.39 is 6.10 Å². The van der Waals surface area contributed by atoms with Gasteiger partial charge in [0.15, 0.2) is 6.10 Å². The van der Waals surface area contributed by atoms with Crippen molar-refractivity contribution in [2.75, 3.05) is 20.3 Å². The summed E-state index contributed by atoms with van der Waals surface area (Å²) in [6, 6.07) is 10.3. The van der Waals surface area contributed by atoms with Crippen molar-refractivity contribution in [2.24, 2.45) is 5.41 Å². The molecule has 0 fully saturated rings. The van der Waals surface area contributed by atoms with Gasteiger partial charge >= 0.3 is 5.97 Å². The Morgan fingerprint density at radius 1 is 1.30 bits per heavy atom. The third-order valence-corrected chi connectivity index (χ3v) is 3.03. The zero-order valence-electron chi connectivity index (χ0n) is 12.8. The van der Waals surface area contributed by atoms with Gasteiger partial charge in [0.25, 0.3) is 0 Å². The molecule has 0 aliphatic heterocycles. The molecule has 1 N–H and O–H groups in total. The quantitative estimate of drug-likeness (QED) is 0.742. The Morgan fingerprint density at radius 3 is 2.55 bits per heavy atom. The third-order valence-electron chi connectivity index (χ3n) is 3.03. The fourth-order valence-electron chi connectivity index (χ4n) is 1.78. The maximum Gasteiger partial charge on any atom is 0.334 e. The fourth-order valence-corrected chi connectivity index (χ4v) is 1.78. The van der Waals surface area contributed by atoms with Gasteiger partial charge in [-0.15, -0.1) is 0 Å². The first-order valence-electron chi connectivity index (χ1n) is 6.89. The predicted molar refractivity (Wildman–Crippen MR) is 79.4 cm³/mol. The molecule has 0 heterocycles. The second kappa shape index (κ2) is 8.02. The maximum absolute atomic E-state index is 11.3. The third kappa shape index (κ3) is 6.17. The van der Waals surface area contributed by atoms with Gasteiger partial charge in [-0.3, -0.25) is 0 Å². The van der Waals surface area contributed by atoms with E-state index in [4.69, 9.17) is 4.74 Å². The first-order chi connectivity index (χ1) is 9.44. The molecule has 0 radical (unpaired) electrons. The lowest BCUT2D eigenvalue weighted by molar-refractivity contribution is -0.154. The van der Waals surface area contributed by atoms with E-state index in [9.17, 15) is 4.79 Å². The van der Waals surface area contributed by atoms with Crippen LogP contribution in [0.15, 0.2) is 30.3 Å². The first kappa shape index (κ1) is 16.7. The molecule has 4 nitrogen and oxygen atoms in total. The van der Waals surface area contributed by atoms with Crippen LogP contribution in [0.3, 0.4) is 0 Å². The van der Waals surface area contributed by atoms with E-state index in [1.54, 1.807) is 6.92 Å². The van der Waals surface area contributed by atoms with Crippen molar-refractivity contribution < 1.29 is 14.3 Å². The van der Waals surface area contributed by atoms with Gasteiger partial charge in [-0.05, 0) is 12.5 Å². The summed E-state index contributed by atoms with van der Waals surface area (Å²) in [6.07, 6.45) is -0.520. The summed E-state index contributed by atoms with van der Waals surface area (Å²) in [5.74, 6) is -0.335. The molecule has 0 saturated carbocycles.